The topological polar surface area (TPSA) is 85.8 Å². The van der Waals surface area contributed by atoms with Crippen molar-refractivity contribution in [2.45, 2.75) is 33.2 Å². The molecule has 0 unspecified atom stereocenters. The Bertz CT molecular complexity index is 1290. The van der Waals surface area contributed by atoms with Crippen LogP contribution in [0.4, 0.5) is 10.8 Å². The number of carbonyl (C=O) groups is 3. The van der Waals surface area contributed by atoms with E-state index in [2.05, 4.69) is 15.2 Å². The molecule has 0 spiro atoms. The van der Waals surface area contributed by atoms with E-state index in [4.69, 9.17) is 11.6 Å². The van der Waals surface area contributed by atoms with E-state index in [1.54, 1.807) is 17.5 Å². The van der Waals surface area contributed by atoms with E-state index < -0.39 is 0 Å². The minimum absolute atomic E-state index is 0.00796. The number of rotatable bonds is 8. The number of benzene rings is 2. The van der Waals surface area contributed by atoms with Crippen LogP contribution in [-0.2, 0) is 16.0 Å². The number of thiazole rings is 1. The summed E-state index contributed by atoms with van der Waals surface area (Å²) < 4.78 is 0. The minimum atomic E-state index is -0.330. The van der Waals surface area contributed by atoms with Crippen LogP contribution in [0.2, 0.25) is 5.02 Å². The first-order valence-corrected chi connectivity index (χ1v) is 13.9. The molecule has 0 aliphatic carbocycles. The summed E-state index contributed by atoms with van der Waals surface area (Å²) in [5.74, 6) is -0.520. The van der Waals surface area contributed by atoms with Crippen LogP contribution in [0, 0.1) is 6.92 Å². The Morgan fingerprint density at radius 2 is 1.79 bits per heavy atom. The summed E-state index contributed by atoms with van der Waals surface area (Å²) in [5, 5.41) is 5.67. The van der Waals surface area contributed by atoms with Crippen molar-refractivity contribution in [1.29, 1.82) is 0 Å². The molecule has 1 N–H and O–H groups in total. The second-order valence-corrected chi connectivity index (χ2v) is 10.9. The average molecular weight is 554 g/mol. The van der Waals surface area contributed by atoms with E-state index in [0.29, 0.717) is 34.5 Å². The largest absolute Gasteiger partial charge is 0.368 e. The molecule has 4 rings (SSSR count). The molecule has 1 aliphatic rings. The fraction of sp³-hybridized carbons (Fsp3) is 0.357. The Morgan fingerprint density at radius 1 is 1.08 bits per heavy atom. The van der Waals surface area contributed by atoms with Crippen molar-refractivity contribution >= 4 is 51.5 Å². The van der Waals surface area contributed by atoms with E-state index in [0.717, 1.165) is 24.3 Å². The summed E-state index contributed by atoms with van der Waals surface area (Å²) in [4.78, 5) is 48.6. The number of hydrogen-bond acceptors (Lipinski definition) is 6. The van der Waals surface area contributed by atoms with Crippen LogP contribution in [0.1, 0.15) is 35.5 Å². The molecular formula is C28H32ClN5O3S. The smallest absolute Gasteiger partial charge is 0.254 e. The highest BCUT2D eigenvalue weighted by Gasteiger charge is 2.24. The standard InChI is InChI=1S/C28H32ClN5O3S/c1-19(2)34(27(37)21-9-7-20(3)8-10-21)17-25(35)31-28-30-23(18-38-28)16-26(36)33-13-11-32(12-14-33)24-6-4-5-22(29)15-24/h4-10,15,18-19H,11-14,16-17H2,1-3H3,(H,30,31,35). The van der Waals surface area contributed by atoms with Crippen molar-refractivity contribution in [1.82, 2.24) is 14.8 Å². The molecule has 10 heteroatoms. The predicted octanol–water partition coefficient (Wildman–Crippen LogP) is 4.49. The normalized spacial score (nSPS) is 13.5. The zero-order valence-corrected chi connectivity index (χ0v) is 23.4. The molecule has 0 saturated carbocycles. The first-order chi connectivity index (χ1) is 18.2. The number of amides is 3. The lowest BCUT2D eigenvalue weighted by Gasteiger charge is -2.36. The lowest BCUT2D eigenvalue weighted by atomic mass is 10.1. The molecule has 3 aromatic rings. The zero-order chi connectivity index (χ0) is 27.2. The maximum atomic E-state index is 13.0. The fourth-order valence-corrected chi connectivity index (χ4v) is 5.17. The van der Waals surface area contributed by atoms with E-state index in [1.807, 2.05) is 62.1 Å². The van der Waals surface area contributed by atoms with Gasteiger partial charge in [-0.05, 0) is 51.1 Å². The number of aryl methyl sites for hydroxylation is 1. The van der Waals surface area contributed by atoms with E-state index >= 15 is 0 Å². The summed E-state index contributed by atoms with van der Waals surface area (Å²) in [7, 11) is 0. The molecule has 1 fully saturated rings. The van der Waals surface area contributed by atoms with E-state index in [-0.39, 0.29) is 36.7 Å². The lowest BCUT2D eigenvalue weighted by molar-refractivity contribution is -0.130. The number of nitrogens with one attached hydrogen (secondary N) is 1. The minimum Gasteiger partial charge on any atom is -0.368 e. The number of aromatic nitrogens is 1. The van der Waals surface area contributed by atoms with Crippen molar-refractivity contribution in [3.05, 3.63) is 75.8 Å². The Labute approximate surface area is 232 Å². The highest BCUT2D eigenvalue weighted by atomic mass is 35.5. The van der Waals surface area contributed by atoms with Gasteiger partial charge in [-0.2, -0.15) is 0 Å². The molecule has 2 heterocycles. The molecule has 2 aromatic carbocycles. The first-order valence-electron chi connectivity index (χ1n) is 12.6. The van der Waals surface area contributed by atoms with Gasteiger partial charge in [0.05, 0.1) is 12.1 Å². The molecule has 200 valence electrons. The molecule has 1 saturated heterocycles. The third kappa shape index (κ3) is 7.11. The summed E-state index contributed by atoms with van der Waals surface area (Å²) in [6, 6.07) is 14.9. The van der Waals surface area contributed by atoms with Crippen molar-refractivity contribution in [2.75, 3.05) is 42.9 Å². The Balaban J connectivity index is 1.28. The van der Waals surface area contributed by atoms with E-state index in [1.165, 1.54) is 16.2 Å². The second kappa shape index (κ2) is 12.4. The van der Waals surface area contributed by atoms with Gasteiger partial charge in [0, 0.05) is 53.9 Å². The molecule has 38 heavy (non-hydrogen) atoms. The molecule has 8 nitrogen and oxygen atoms in total. The van der Waals surface area contributed by atoms with Gasteiger partial charge in [-0.25, -0.2) is 4.98 Å². The number of carbonyl (C=O) groups excluding carboxylic acids is 3. The zero-order valence-electron chi connectivity index (χ0n) is 21.8. The SMILES string of the molecule is Cc1ccc(C(=O)N(CC(=O)Nc2nc(CC(=O)N3CCN(c4cccc(Cl)c4)CC3)cs2)C(C)C)cc1. The monoisotopic (exact) mass is 553 g/mol. The molecule has 0 bridgehead atoms. The quantitative estimate of drug-likeness (QED) is 0.444. The second-order valence-electron chi connectivity index (χ2n) is 9.61. The summed E-state index contributed by atoms with van der Waals surface area (Å²) in [6.07, 6.45) is 0.174. The van der Waals surface area contributed by atoms with Crippen molar-refractivity contribution in [3.63, 3.8) is 0 Å². The summed E-state index contributed by atoms with van der Waals surface area (Å²) in [6.45, 7) is 8.34. The van der Waals surface area contributed by atoms with Gasteiger partial charge in [-0.1, -0.05) is 35.4 Å². The highest BCUT2D eigenvalue weighted by molar-refractivity contribution is 7.13. The van der Waals surface area contributed by atoms with Crippen LogP contribution < -0.4 is 10.2 Å². The predicted molar refractivity (Wildman–Crippen MR) is 152 cm³/mol. The van der Waals surface area contributed by atoms with Gasteiger partial charge in [0.2, 0.25) is 11.8 Å². The van der Waals surface area contributed by atoms with Gasteiger partial charge in [0.25, 0.3) is 5.91 Å². The van der Waals surface area contributed by atoms with Gasteiger partial charge in [-0.3, -0.25) is 14.4 Å². The van der Waals surface area contributed by atoms with Crippen LogP contribution in [0.5, 0.6) is 0 Å². The lowest BCUT2D eigenvalue weighted by Crippen LogP contribution is -2.49. The first kappa shape index (κ1) is 27.6. The summed E-state index contributed by atoms with van der Waals surface area (Å²) >= 11 is 7.38. The molecule has 1 aliphatic heterocycles. The number of halogens is 1. The number of nitrogens with zero attached hydrogens (tertiary/aromatic N) is 4. The van der Waals surface area contributed by atoms with Gasteiger partial charge in [-0.15, -0.1) is 11.3 Å². The number of hydrogen-bond donors (Lipinski definition) is 1. The maximum absolute atomic E-state index is 13.0. The van der Waals surface area contributed by atoms with Gasteiger partial charge < -0.3 is 20.0 Å². The van der Waals surface area contributed by atoms with Crippen LogP contribution in [-0.4, -0.2) is 71.3 Å². The number of anilines is 2. The Morgan fingerprint density at radius 3 is 2.45 bits per heavy atom. The maximum Gasteiger partial charge on any atom is 0.254 e. The highest BCUT2D eigenvalue weighted by Crippen LogP contribution is 2.22. The van der Waals surface area contributed by atoms with Crippen LogP contribution in [0.3, 0.4) is 0 Å². The van der Waals surface area contributed by atoms with Crippen molar-refractivity contribution in [2.24, 2.45) is 0 Å². The number of piperazine rings is 1. The summed E-state index contributed by atoms with van der Waals surface area (Å²) in [5.41, 5.74) is 3.28. The van der Waals surface area contributed by atoms with Gasteiger partial charge in [0.1, 0.15) is 6.54 Å². The van der Waals surface area contributed by atoms with Crippen molar-refractivity contribution < 1.29 is 14.4 Å². The van der Waals surface area contributed by atoms with Crippen LogP contribution in [0.25, 0.3) is 0 Å². The van der Waals surface area contributed by atoms with E-state index in [9.17, 15) is 14.4 Å². The Kier molecular flexibility index (Phi) is 9.01. The van der Waals surface area contributed by atoms with Crippen LogP contribution in [0.15, 0.2) is 53.9 Å². The third-order valence-electron chi connectivity index (χ3n) is 6.43. The molecule has 0 radical (unpaired) electrons. The average Bonchev–Trinajstić information content (AvgIpc) is 3.33. The molecule has 1 aromatic heterocycles. The van der Waals surface area contributed by atoms with Gasteiger partial charge in [0.15, 0.2) is 5.13 Å². The molecular weight excluding hydrogens is 522 g/mol. The molecule has 0 atom stereocenters. The van der Waals surface area contributed by atoms with Gasteiger partial charge >= 0.3 is 0 Å². The Hall–Kier alpha value is -3.43. The van der Waals surface area contributed by atoms with Crippen LogP contribution >= 0.6 is 22.9 Å². The third-order valence-corrected chi connectivity index (χ3v) is 7.47. The molecule has 3 amide bonds. The fourth-order valence-electron chi connectivity index (χ4n) is 4.26. The van der Waals surface area contributed by atoms with Crippen molar-refractivity contribution in [3.8, 4) is 0 Å².